The molecule has 0 spiro atoms. The second kappa shape index (κ2) is 9.16. The monoisotopic (exact) mass is 149 g/mol. The van der Waals surface area contributed by atoms with Crippen LogP contribution in [0.1, 0.15) is 0 Å². The first kappa shape index (κ1) is 15.9. The molecule has 0 rings (SSSR count). The SMILES string of the molecule is C[P+](=N)[O-].Cl.Cl. The van der Waals surface area contributed by atoms with Gasteiger partial charge in [-0.25, -0.2) is 0 Å². The van der Waals surface area contributed by atoms with Crippen molar-refractivity contribution in [2.75, 3.05) is 6.66 Å². The summed E-state index contributed by atoms with van der Waals surface area (Å²) in [6.45, 7) is 1.34. The second-order valence-corrected chi connectivity index (χ2v) is 1.49. The van der Waals surface area contributed by atoms with Crippen LogP contribution in [0.5, 0.6) is 0 Å². The van der Waals surface area contributed by atoms with Gasteiger partial charge in [0.1, 0.15) is 6.66 Å². The molecule has 0 radical (unpaired) electrons. The maximum atomic E-state index is 9.26. The molecule has 1 unspecified atom stereocenters. The molecule has 1 N–H and O–H groups in total. The molecule has 0 fully saturated rings. The first-order valence-electron chi connectivity index (χ1n) is 0.853. The molecule has 0 aromatic carbocycles. The van der Waals surface area contributed by atoms with Gasteiger partial charge >= 0.3 is 0 Å². The summed E-state index contributed by atoms with van der Waals surface area (Å²) in [6, 6.07) is 0. The molecule has 0 aliphatic carbocycles. The molecular formula is CH6Cl2NOP. The van der Waals surface area contributed by atoms with E-state index in [1.54, 1.807) is 0 Å². The largest absolute Gasteiger partial charge is 0.613 e. The summed E-state index contributed by atoms with van der Waals surface area (Å²) < 4.78 is 0. The minimum Gasteiger partial charge on any atom is -0.613 e. The highest BCUT2D eigenvalue weighted by Gasteiger charge is 1.58. The molecule has 0 saturated carbocycles. The van der Waals surface area contributed by atoms with E-state index >= 15 is 0 Å². The van der Waals surface area contributed by atoms with Crippen LogP contribution in [0, 0.1) is 5.16 Å². The van der Waals surface area contributed by atoms with Gasteiger partial charge in [0.25, 0.3) is 0 Å². The highest BCUT2D eigenvalue weighted by atomic mass is 35.5. The Labute approximate surface area is 50.1 Å². The molecule has 0 bridgehead atoms. The molecule has 0 aliphatic heterocycles. The van der Waals surface area contributed by atoms with E-state index in [2.05, 4.69) is 0 Å². The lowest BCUT2D eigenvalue weighted by Gasteiger charge is -1.67. The zero-order valence-electron chi connectivity index (χ0n) is 3.17. The van der Waals surface area contributed by atoms with E-state index in [1.165, 1.54) is 6.66 Å². The van der Waals surface area contributed by atoms with E-state index in [9.17, 15) is 4.89 Å². The summed E-state index contributed by atoms with van der Waals surface area (Å²) in [4.78, 5) is 9.26. The average Bonchev–Trinajstić information content (AvgIpc) is 0.811. The van der Waals surface area contributed by atoms with Gasteiger partial charge in [0.15, 0.2) is 7.94 Å². The van der Waals surface area contributed by atoms with Gasteiger partial charge in [0, 0.05) is 0 Å². The topological polar surface area (TPSA) is 46.9 Å². The fraction of sp³-hybridized carbons (Fsp3) is 1.00. The fourth-order valence-corrected chi connectivity index (χ4v) is 0. The summed E-state index contributed by atoms with van der Waals surface area (Å²) in [6.07, 6.45) is 0. The molecular weight excluding hydrogens is 144 g/mol. The molecule has 0 aliphatic rings. The third-order valence-corrected chi connectivity index (χ3v) is 0. The van der Waals surface area contributed by atoms with Gasteiger partial charge in [-0.2, -0.15) is 0 Å². The lowest BCUT2D eigenvalue weighted by atomic mass is 12.0. The van der Waals surface area contributed by atoms with Crippen molar-refractivity contribution in [1.82, 2.24) is 0 Å². The Morgan fingerprint density at radius 1 is 1.50 bits per heavy atom. The lowest BCUT2D eigenvalue weighted by Crippen LogP contribution is -1.77. The normalized spacial score (nSPS) is 7.33. The molecule has 2 nitrogen and oxygen atoms in total. The van der Waals surface area contributed by atoms with Gasteiger partial charge in [-0.15, -0.1) is 30.0 Å². The van der Waals surface area contributed by atoms with Gasteiger partial charge in [-0.05, 0) is 0 Å². The van der Waals surface area contributed by atoms with Crippen LogP contribution >= 0.6 is 32.8 Å². The zero-order valence-corrected chi connectivity index (χ0v) is 5.70. The van der Waals surface area contributed by atoms with E-state index in [0.717, 1.165) is 0 Å². The van der Waals surface area contributed by atoms with Crippen LogP contribution in [0.25, 0.3) is 0 Å². The number of halogens is 2. The van der Waals surface area contributed by atoms with E-state index in [1.807, 2.05) is 0 Å². The van der Waals surface area contributed by atoms with Crippen LogP contribution in [0.4, 0.5) is 0 Å². The molecule has 5 heteroatoms. The van der Waals surface area contributed by atoms with Crippen molar-refractivity contribution in [3.63, 3.8) is 0 Å². The Morgan fingerprint density at radius 3 is 1.50 bits per heavy atom. The predicted octanol–water partition coefficient (Wildman–Crippen LogP) is 0.979. The summed E-state index contributed by atoms with van der Waals surface area (Å²) in [5.41, 5.74) is 0. The van der Waals surface area contributed by atoms with Crippen LogP contribution in [0.3, 0.4) is 0 Å². The summed E-state index contributed by atoms with van der Waals surface area (Å²) in [5, 5.41) is 6.09. The van der Waals surface area contributed by atoms with Crippen molar-refractivity contribution in [2.24, 2.45) is 0 Å². The van der Waals surface area contributed by atoms with Crippen LogP contribution < -0.4 is 4.89 Å². The van der Waals surface area contributed by atoms with E-state index < -0.39 is 7.94 Å². The molecule has 0 heterocycles. The molecule has 1 atom stereocenters. The smallest absolute Gasteiger partial charge is 0.156 e. The highest BCUT2D eigenvalue weighted by Crippen LogP contribution is 1.92. The van der Waals surface area contributed by atoms with Crippen LogP contribution in [-0.4, -0.2) is 6.66 Å². The minimum atomic E-state index is -1.62. The van der Waals surface area contributed by atoms with E-state index in [0.29, 0.717) is 0 Å². The van der Waals surface area contributed by atoms with E-state index in [4.69, 9.17) is 5.16 Å². The van der Waals surface area contributed by atoms with Gasteiger partial charge in [0.2, 0.25) is 0 Å². The summed E-state index contributed by atoms with van der Waals surface area (Å²) in [5.74, 6) is 0. The first-order valence-corrected chi connectivity index (χ1v) is 2.56. The fourth-order valence-electron chi connectivity index (χ4n) is 0. The molecule has 6 heavy (non-hydrogen) atoms. The van der Waals surface area contributed by atoms with E-state index in [-0.39, 0.29) is 24.8 Å². The van der Waals surface area contributed by atoms with Crippen molar-refractivity contribution in [2.45, 2.75) is 0 Å². The Hall–Kier alpha value is 0.640. The van der Waals surface area contributed by atoms with Crippen molar-refractivity contribution in [3.05, 3.63) is 0 Å². The molecule has 0 saturated heterocycles. The standard InChI is InChI=1S/CH4NOP.2ClH/c1-4(2)3;;/h2H,1H3;2*1H. The quantitative estimate of drug-likeness (QED) is 0.514. The van der Waals surface area contributed by atoms with Crippen molar-refractivity contribution in [1.29, 1.82) is 5.16 Å². The number of hydrogen-bond acceptors (Lipinski definition) is 2. The molecule has 0 amide bonds. The Kier molecular flexibility index (Phi) is 24.3. The molecule has 0 aromatic rings. The van der Waals surface area contributed by atoms with Gasteiger partial charge in [-0.1, -0.05) is 0 Å². The minimum absolute atomic E-state index is 0. The average molecular weight is 150 g/mol. The third-order valence-electron chi connectivity index (χ3n) is 0. The highest BCUT2D eigenvalue weighted by molar-refractivity contribution is 7.36. The van der Waals surface area contributed by atoms with Crippen LogP contribution in [0.15, 0.2) is 0 Å². The number of hydrogen-bond donors (Lipinski definition) is 1. The van der Waals surface area contributed by atoms with Crippen molar-refractivity contribution in [3.8, 4) is 0 Å². The summed E-state index contributed by atoms with van der Waals surface area (Å²) >= 11 is 0. The third kappa shape index (κ3) is 150. The van der Waals surface area contributed by atoms with Crippen molar-refractivity contribution < 1.29 is 4.89 Å². The lowest BCUT2D eigenvalue weighted by molar-refractivity contribution is -0.154. The Morgan fingerprint density at radius 2 is 1.50 bits per heavy atom. The van der Waals surface area contributed by atoms with Gasteiger partial charge in [0.05, 0.1) is 0 Å². The van der Waals surface area contributed by atoms with Crippen LogP contribution in [-0.2, 0) is 0 Å². The van der Waals surface area contributed by atoms with Crippen LogP contribution in [0.2, 0.25) is 0 Å². The second-order valence-electron chi connectivity index (χ2n) is 0.497. The zero-order chi connectivity index (χ0) is 3.58. The van der Waals surface area contributed by atoms with Gasteiger partial charge < -0.3 is 4.89 Å². The number of nitrogens with one attached hydrogen (secondary N) is 1. The maximum absolute atomic E-state index is 9.26. The first-order chi connectivity index (χ1) is 1.73. The molecule has 40 valence electrons. The summed E-state index contributed by atoms with van der Waals surface area (Å²) in [7, 11) is -1.62. The molecule has 0 aromatic heterocycles. The Bertz CT molecular complexity index is 36.5. The predicted molar refractivity (Wildman–Crippen MR) is 30.1 cm³/mol. The maximum Gasteiger partial charge on any atom is 0.156 e. The van der Waals surface area contributed by atoms with Crippen molar-refractivity contribution >= 4 is 32.8 Å². The number of rotatable bonds is 0. The van der Waals surface area contributed by atoms with Gasteiger partial charge in [-0.3, -0.25) is 0 Å². The Balaban J connectivity index is -0.0000000450.